The number of anilines is 2. The molecular formula is C15H7Cl3F6N2O. The maximum Gasteiger partial charge on any atom is 0.416 e. The van der Waals surface area contributed by atoms with E-state index in [1.54, 1.807) is 0 Å². The molecule has 3 nitrogen and oxygen atoms in total. The summed E-state index contributed by atoms with van der Waals surface area (Å²) in [5, 5.41) is 4.11. The Hall–Kier alpha value is -1.84. The fourth-order valence-corrected chi connectivity index (χ4v) is 2.52. The summed E-state index contributed by atoms with van der Waals surface area (Å²) in [6.45, 7) is 0. The van der Waals surface area contributed by atoms with Gasteiger partial charge in [0.2, 0.25) is 0 Å². The second-order valence-corrected chi connectivity index (χ2v) is 6.34. The zero-order chi connectivity index (χ0) is 20.6. The molecule has 2 rings (SSSR count). The minimum Gasteiger partial charge on any atom is -0.308 e. The van der Waals surface area contributed by atoms with E-state index in [0.29, 0.717) is 12.1 Å². The normalized spacial score (nSPS) is 12.0. The number of hydrogen-bond donors (Lipinski definition) is 2. The molecule has 2 amide bonds. The van der Waals surface area contributed by atoms with Gasteiger partial charge < -0.3 is 10.6 Å². The highest BCUT2D eigenvalue weighted by Gasteiger charge is 2.37. The summed E-state index contributed by atoms with van der Waals surface area (Å²) in [5.74, 6) is 0. The molecule has 0 saturated heterocycles. The lowest BCUT2D eigenvalue weighted by Crippen LogP contribution is -2.21. The van der Waals surface area contributed by atoms with Crippen molar-refractivity contribution in [3.05, 3.63) is 56.5 Å². The fourth-order valence-electron chi connectivity index (χ4n) is 1.93. The third kappa shape index (κ3) is 5.57. The van der Waals surface area contributed by atoms with Crippen molar-refractivity contribution >= 4 is 52.2 Å². The van der Waals surface area contributed by atoms with Gasteiger partial charge in [0.1, 0.15) is 0 Å². The molecule has 27 heavy (non-hydrogen) atoms. The van der Waals surface area contributed by atoms with E-state index in [-0.39, 0.29) is 26.8 Å². The Bertz CT molecular complexity index is 851. The SMILES string of the molecule is O=C(Nc1cc(C(F)(F)F)cc(C(F)(F)F)c1)Nc1cc(Cl)c(Cl)cc1Cl. The summed E-state index contributed by atoms with van der Waals surface area (Å²) in [5.41, 5.74) is -3.90. The van der Waals surface area contributed by atoms with Crippen LogP contribution in [0.5, 0.6) is 0 Å². The Labute approximate surface area is 163 Å². The number of nitrogens with one attached hydrogen (secondary N) is 2. The molecule has 0 radical (unpaired) electrons. The molecule has 0 aliphatic rings. The molecule has 0 aliphatic heterocycles. The van der Waals surface area contributed by atoms with Crippen LogP contribution >= 0.6 is 34.8 Å². The smallest absolute Gasteiger partial charge is 0.308 e. The van der Waals surface area contributed by atoms with Crippen LogP contribution in [-0.2, 0) is 12.4 Å². The van der Waals surface area contributed by atoms with Gasteiger partial charge in [0.15, 0.2) is 0 Å². The predicted octanol–water partition coefficient (Wildman–Crippen LogP) is 7.33. The first-order valence-electron chi connectivity index (χ1n) is 6.79. The molecular weight excluding hydrogens is 445 g/mol. The molecule has 0 fully saturated rings. The van der Waals surface area contributed by atoms with E-state index >= 15 is 0 Å². The average molecular weight is 452 g/mol. The molecule has 0 unspecified atom stereocenters. The number of rotatable bonds is 2. The number of amides is 2. The molecule has 0 aliphatic carbocycles. The van der Waals surface area contributed by atoms with Crippen molar-refractivity contribution in [2.75, 3.05) is 10.6 Å². The average Bonchev–Trinajstić information content (AvgIpc) is 2.50. The number of urea groups is 1. The maximum absolute atomic E-state index is 12.8. The summed E-state index contributed by atoms with van der Waals surface area (Å²) >= 11 is 17.3. The number of carbonyl (C=O) groups excluding carboxylic acids is 1. The zero-order valence-electron chi connectivity index (χ0n) is 12.7. The van der Waals surface area contributed by atoms with Crippen LogP contribution in [0.15, 0.2) is 30.3 Å². The minimum atomic E-state index is -5.04. The number of alkyl halides is 6. The van der Waals surface area contributed by atoms with Gasteiger partial charge in [-0.1, -0.05) is 34.8 Å². The van der Waals surface area contributed by atoms with E-state index in [4.69, 9.17) is 34.8 Å². The highest BCUT2D eigenvalue weighted by Crippen LogP contribution is 2.38. The summed E-state index contributed by atoms with van der Waals surface area (Å²) in [6, 6.07) is 1.91. The third-order valence-corrected chi connectivity index (χ3v) is 4.14. The van der Waals surface area contributed by atoms with Crippen molar-refractivity contribution in [2.45, 2.75) is 12.4 Å². The van der Waals surface area contributed by atoms with Gasteiger partial charge in [-0.05, 0) is 30.3 Å². The first kappa shape index (κ1) is 21.5. The quantitative estimate of drug-likeness (QED) is 0.364. The molecule has 0 spiro atoms. The van der Waals surface area contributed by atoms with Gasteiger partial charge in [-0.15, -0.1) is 0 Å². The molecule has 0 bridgehead atoms. The minimum absolute atomic E-state index is 0.0230. The van der Waals surface area contributed by atoms with Crippen LogP contribution in [0, 0.1) is 0 Å². The topological polar surface area (TPSA) is 41.1 Å². The molecule has 0 saturated carbocycles. The highest BCUT2D eigenvalue weighted by molar-refractivity contribution is 6.44. The maximum atomic E-state index is 12.8. The Balaban J connectivity index is 2.31. The van der Waals surface area contributed by atoms with Crippen molar-refractivity contribution in [3.8, 4) is 0 Å². The lowest BCUT2D eigenvalue weighted by atomic mass is 10.1. The summed E-state index contributed by atoms with van der Waals surface area (Å²) < 4.78 is 76.9. The van der Waals surface area contributed by atoms with Crippen molar-refractivity contribution in [2.24, 2.45) is 0 Å². The summed E-state index contributed by atoms with van der Waals surface area (Å²) in [6.07, 6.45) is -10.1. The standard InChI is InChI=1S/C15H7Cl3F6N2O/c16-9-4-11(18)12(5-10(9)17)26-13(27)25-8-2-6(14(19,20)21)1-7(3-8)15(22,23)24/h1-5H,(H2,25,26,27). The van der Waals surface area contributed by atoms with E-state index in [1.165, 1.54) is 12.1 Å². The van der Waals surface area contributed by atoms with Crippen molar-refractivity contribution in [3.63, 3.8) is 0 Å². The van der Waals surface area contributed by atoms with Gasteiger partial charge in [-0.3, -0.25) is 0 Å². The van der Waals surface area contributed by atoms with Crippen molar-refractivity contribution in [1.29, 1.82) is 0 Å². The molecule has 2 aromatic carbocycles. The monoisotopic (exact) mass is 450 g/mol. The number of benzene rings is 2. The van der Waals surface area contributed by atoms with Crippen LogP contribution in [-0.4, -0.2) is 6.03 Å². The summed E-state index contributed by atoms with van der Waals surface area (Å²) in [4.78, 5) is 11.9. The lowest BCUT2D eigenvalue weighted by Gasteiger charge is -2.15. The second-order valence-electron chi connectivity index (χ2n) is 5.12. The molecule has 0 atom stereocenters. The number of hydrogen-bond acceptors (Lipinski definition) is 1. The highest BCUT2D eigenvalue weighted by atomic mass is 35.5. The second kappa shape index (κ2) is 7.65. The number of halogens is 9. The first-order chi connectivity index (χ1) is 12.3. The van der Waals surface area contributed by atoms with Crippen LogP contribution in [0.1, 0.15) is 11.1 Å². The van der Waals surface area contributed by atoms with E-state index in [0.717, 1.165) is 0 Å². The van der Waals surface area contributed by atoms with E-state index < -0.39 is 35.2 Å². The van der Waals surface area contributed by atoms with E-state index in [1.807, 2.05) is 5.32 Å². The fraction of sp³-hybridized carbons (Fsp3) is 0.133. The van der Waals surface area contributed by atoms with Crippen molar-refractivity contribution < 1.29 is 31.1 Å². The van der Waals surface area contributed by atoms with Gasteiger partial charge >= 0.3 is 18.4 Å². The molecule has 2 N–H and O–H groups in total. The largest absolute Gasteiger partial charge is 0.416 e. The van der Waals surface area contributed by atoms with Gasteiger partial charge in [-0.2, -0.15) is 26.3 Å². The molecule has 146 valence electrons. The Kier molecular flexibility index (Phi) is 6.08. The number of carbonyl (C=O) groups is 1. The predicted molar refractivity (Wildman–Crippen MR) is 90.6 cm³/mol. The van der Waals surface area contributed by atoms with Gasteiger partial charge in [-0.25, -0.2) is 4.79 Å². The Morgan fingerprint density at radius 1 is 0.704 bits per heavy atom. The van der Waals surface area contributed by atoms with Crippen LogP contribution in [0.25, 0.3) is 0 Å². The zero-order valence-corrected chi connectivity index (χ0v) is 15.0. The molecule has 2 aromatic rings. The lowest BCUT2D eigenvalue weighted by molar-refractivity contribution is -0.143. The van der Waals surface area contributed by atoms with Crippen LogP contribution < -0.4 is 10.6 Å². The first-order valence-corrected chi connectivity index (χ1v) is 7.93. The van der Waals surface area contributed by atoms with E-state index in [2.05, 4.69) is 5.32 Å². The van der Waals surface area contributed by atoms with Gasteiger partial charge in [0.25, 0.3) is 0 Å². The summed E-state index contributed by atoms with van der Waals surface area (Å²) in [7, 11) is 0. The van der Waals surface area contributed by atoms with Crippen LogP contribution in [0.4, 0.5) is 42.5 Å². The van der Waals surface area contributed by atoms with Gasteiger partial charge in [0.05, 0.1) is 31.9 Å². The van der Waals surface area contributed by atoms with E-state index in [9.17, 15) is 31.1 Å². The van der Waals surface area contributed by atoms with Crippen LogP contribution in [0.3, 0.4) is 0 Å². The van der Waals surface area contributed by atoms with Crippen LogP contribution in [0.2, 0.25) is 15.1 Å². The Morgan fingerprint density at radius 3 is 1.67 bits per heavy atom. The molecule has 0 aromatic heterocycles. The Morgan fingerprint density at radius 2 is 1.19 bits per heavy atom. The van der Waals surface area contributed by atoms with Crippen molar-refractivity contribution in [1.82, 2.24) is 0 Å². The molecule has 0 heterocycles. The third-order valence-electron chi connectivity index (χ3n) is 3.10. The molecule has 12 heteroatoms. The van der Waals surface area contributed by atoms with Gasteiger partial charge in [0, 0.05) is 5.69 Å².